The second kappa shape index (κ2) is 5.07. The van der Waals surface area contributed by atoms with Crippen molar-refractivity contribution in [3.63, 3.8) is 0 Å². The van der Waals surface area contributed by atoms with Crippen molar-refractivity contribution >= 4 is 10.0 Å². The monoisotopic (exact) mass is 276 g/mol. The van der Waals surface area contributed by atoms with E-state index in [0.717, 1.165) is 25.9 Å². The fourth-order valence-corrected chi connectivity index (χ4v) is 3.96. The van der Waals surface area contributed by atoms with Crippen molar-refractivity contribution in [1.82, 2.24) is 9.21 Å². The van der Waals surface area contributed by atoms with E-state index in [-0.39, 0.29) is 11.4 Å². The zero-order chi connectivity index (χ0) is 13.4. The van der Waals surface area contributed by atoms with Gasteiger partial charge in [-0.05, 0) is 40.3 Å². The summed E-state index contributed by atoms with van der Waals surface area (Å²) in [5.41, 5.74) is -0.0747. The van der Waals surface area contributed by atoms with Crippen molar-refractivity contribution in [1.29, 1.82) is 0 Å². The summed E-state index contributed by atoms with van der Waals surface area (Å²) in [7, 11) is 1.12. The second-order valence-corrected chi connectivity index (χ2v) is 7.87. The van der Waals surface area contributed by atoms with Gasteiger partial charge in [-0.1, -0.05) is 0 Å². The van der Waals surface area contributed by atoms with E-state index >= 15 is 0 Å². The largest absolute Gasteiger partial charge is 0.373 e. The average molecular weight is 276 g/mol. The van der Waals surface area contributed by atoms with E-state index < -0.39 is 10.0 Å². The molecule has 0 aliphatic carbocycles. The van der Waals surface area contributed by atoms with Crippen LogP contribution >= 0.6 is 0 Å². The zero-order valence-electron chi connectivity index (χ0n) is 11.6. The smallest absolute Gasteiger partial charge is 0.213 e. The van der Waals surface area contributed by atoms with Gasteiger partial charge >= 0.3 is 0 Å². The van der Waals surface area contributed by atoms with E-state index in [9.17, 15) is 8.42 Å². The van der Waals surface area contributed by atoms with Crippen LogP contribution in [0.5, 0.6) is 0 Å². The van der Waals surface area contributed by atoms with E-state index in [1.807, 2.05) is 0 Å². The van der Waals surface area contributed by atoms with Crippen LogP contribution in [0, 0.1) is 0 Å². The maximum Gasteiger partial charge on any atom is 0.213 e. The summed E-state index contributed by atoms with van der Waals surface area (Å²) in [6, 6.07) is 0.472. The molecule has 18 heavy (non-hydrogen) atoms. The predicted octanol–water partition coefficient (Wildman–Crippen LogP) is 0.521. The van der Waals surface area contributed by atoms with Crippen LogP contribution in [0.25, 0.3) is 0 Å². The van der Waals surface area contributed by atoms with Gasteiger partial charge in [-0.15, -0.1) is 0 Å². The van der Waals surface area contributed by atoms with Gasteiger partial charge in [0.05, 0.1) is 18.0 Å². The van der Waals surface area contributed by atoms with E-state index in [4.69, 9.17) is 4.74 Å². The van der Waals surface area contributed by atoms with Crippen molar-refractivity contribution in [2.45, 2.75) is 37.8 Å². The highest BCUT2D eigenvalue weighted by Crippen LogP contribution is 2.37. The van der Waals surface area contributed by atoms with Gasteiger partial charge in [-0.2, -0.15) is 0 Å². The van der Waals surface area contributed by atoms with Crippen LogP contribution in [0.1, 0.15) is 26.2 Å². The number of nitrogens with zero attached hydrogens (tertiary/aromatic N) is 2. The molecular weight excluding hydrogens is 252 g/mol. The Bertz CT molecular complexity index is 386. The Labute approximate surface area is 110 Å². The maximum absolute atomic E-state index is 11.8. The lowest BCUT2D eigenvalue weighted by Crippen LogP contribution is -2.47. The van der Waals surface area contributed by atoms with Gasteiger partial charge in [-0.25, -0.2) is 12.7 Å². The molecule has 106 valence electrons. The molecule has 2 fully saturated rings. The van der Waals surface area contributed by atoms with Gasteiger partial charge in [0.25, 0.3) is 0 Å². The quantitative estimate of drug-likeness (QED) is 0.754. The van der Waals surface area contributed by atoms with Crippen LogP contribution < -0.4 is 0 Å². The predicted molar refractivity (Wildman–Crippen MR) is 71.0 cm³/mol. The van der Waals surface area contributed by atoms with Gasteiger partial charge < -0.3 is 9.64 Å². The lowest BCUT2D eigenvalue weighted by Gasteiger charge is -2.38. The van der Waals surface area contributed by atoms with Gasteiger partial charge in [0.1, 0.15) is 0 Å². The van der Waals surface area contributed by atoms with Crippen LogP contribution in [0.4, 0.5) is 0 Å². The van der Waals surface area contributed by atoms with Gasteiger partial charge in [0.15, 0.2) is 0 Å². The van der Waals surface area contributed by atoms with E-state index in [2.05, 4.69) is 19.0 Å². The molecule has 1 atom stereocenters. The van der Waals surface area contributed by atoms with Gasteiger partial charge in [0, 0.05) is 19.1 Å². The zero-order valence-corrected chi connectivity index (χ0v) is 12.4. The Hall–Kier alpha value is -0.170. The van der Waals surface area contributed by atoms with Crippen molar-refractivity contribution in [2.24, 2.45) is 0 Å². The minimum atomic E-state index is -3.03. The SMILES string of the molecule is CCS(=O)(=O)N1CCC2(CC1)C[C@H](N(C)C)CO2. The standard InChI is InChI=1S/C12H24N2O3S/c1-4-18(15,16)14-7-5-12(6-8-14)9-11(10-17-12)13(2)3/h11H,4-10H2,1-3H3/t11-/m0/s1. The number of piperidine rings is 1. The molecule has 0 bridgehead atoms. The molecule has 0 amide bonds. The molecule has 0 aromatic carbocycles. The summed E-state index contributed by atoms with van der Waals surface area (Å²) in [5, 5.41) is 0. The molecule has 0 aromatic rings. The number of sulfonamides is 1. The summed E-state index contributed by atoms with van der Waals surface area (Å²) < 4.78 is 31.2. The van der Waals surface area contributed by atoms with Crippen LogP contribution in [0.2, 0.25) is 0 Å². The van der Waals surface area contributed by atoms with Crippen molar-refractivity contribution < 1.29 is 13.2 Å². The highest BCUT2D eigenvalue weighted by Gasteiger charge is 2.44. The summed E-state index contributed by atoms with van der Waals surface area (Å²) in [5.74, 6) is 0.196. The molecule has 0 unspecified atom stereocenters. The van der Waals surface area contributed by atoms with Gasteiger partial charge in [-0.3, -0.25) is 0 Å². The lowest BCUT2D eigenvalue weighted by atomic mass is 9.88. The Morgan fingerprint density at radius 2 is 1.94 bits per heavy atom. The molecule has 2 aliphatic heterocycles. The number of ether oxygens (including phenoxy) is 1. The summed E-state index contributed by atoms with van der Waals surface area (Å²) >= 11 is 0. The summed E-state index contributed by atoms with van der Waals surface area (Å²) in [4.78, 5) is 2.20. The molecule has 2 saturated heterocycles. The molecule has 0 saturated carbocycles. The highest BCUT2D eigenvalue weighted by molar-refractivity contribution is 7.89. The van der Waals surface area contributed by atoms with Crippen molar-refractivity contribution in [3.05, 3.63) is 0 Å². The molecule has 2 rings (SSSR count). The van der Waals surface area contributed by atoms with Gasteiger partial charge in [0.2, 0.25) is 10.0 Å². The van der Waals surface area contributed by atoms with Crippen LogP contribution in [0.15, 0.2) is 0 Å². The fraction of sp³-hybridized carbons (Fsp3) is 1.00. The third kappa shape index (κ3) is 2.71. The van der Waals surface area contributed by atoms with E-state index in [0.29, 0.717) is 19.1 Å². The number of hydrogen-bond acceptors (Lipinski definition) is 4. The first kappa shape index (κ1) is 14.2. The van der Waals surface area contributed by atoms with Crippen LogP contribution in [0.3, 0.4) is 0 Å². The Balaban J connectivity index is 1.95. The molecule has 6 heteroatoms. The minimum Gasteiger partial charge on any atom is -0.373 e. The third-order valence-electron chi connectivity index (χ3n) is 4.31. The Kier molecular flexibility index (Phi) is 4.02. The maximum atomic E-state index is 11.8. The molecule has 1 spiro atoms. The Morgan fingerprint density at radius 1 is 1.33 bits per heavy atom. The van der Waals surface area contributed by atoms with Crippen molar-refractivity contribution in [2.75, 3.05) is 39.5 Å². The number of rotatable bonds is 3. The molecule has 2 heterocycles. The third-order valence-corrected chi connectivity index (χ3v) is 6.19. The molecule has 0 radical (unpaired) electrons. The van der Waals surface area contributed by atoms with Crippen LogP contribution in [-0.2, 0) is 14.8 Å². The molecule has 0 aromatic heterocycles. The molecule has 0 N–H and O–H groups in total. The molecule has 5 nitrogen and oxygen atoms in total. The number of hydrogen-bond donors (Lipinski definition) is 0. The van der Waals surface area contributed by atoms with E-state index in [1.54, 1.807) is 11.2 Å². The highest BCUT2D eigenvalue weighted by atomic mass is 32.2. The Morgan fingerprint density at radius 3 is 2.39 bits per heavy atom. The molecule has 2 aliphatic rings. The normalized spacial score (nSPS) is 29.2. The van der Waals surface area contributed by atoms with E-state index in [1.165, 1.54) is 0 Å². The lowest BCUT2D eigenvalue weighted by molar-refractivity contribution is -0.0315. The topological polar surface area (TPSA) is 49.9 Å². The fourth-order valence-electron chi connectivity index (χ4n) is 2.85. The first-order valence-electron chi connectivity index (χ1n) is 6.67. The first-order chi connectivity index (χ1) is 8.38. The first-order valence-corrected chi connectivity index (χ1v) is 8.28. The number of likely N-dealkylation sites (N-methyl/N-ethyl adjacent to an activating group) is 1. The van der Waals surface area contributed by atoms with Crippen molar-refractivity contribution in [3.8, 4) is 0 Å². The summed E-state index contributed by atoms with van der Waals surface area (Å²) in [6.07, 6.45) is 2.69. The molecular formula is C12H24N2O3S. The second-order valence-electron chi connectivity index (χ2n) is 5.62. The minimum absolute atomic E-state index is 0.0747. The summed E-state index contributed by atoms with van der Waals surface area (Å²) in [6.45, 7) is 3.69. The van der Waals surface area contributed by atoms with Crippen LogP contribution in [-0.4, -0.2) is 68.8 Å². The average Bonchev–Trinajstić information content (AvgIpc) is 2.74.